The first-order chi connectivity index (χ1) is 11.3. The first kappa shape index (κ1) is 17.3. The summed E-state index contributed by atoms with van der Waals surface area (Å²) in [5.74, 6) is 0.621. The lowest BCUT2D eigenvalue weighted by Gasteiger charge is -2.27. The molecule has 2 nitrogen and oxygen atoms in total. The lowest BCUT2D eigenvalue weighted by Crippen LogP contribution is -2.33. The van der Waals surface area contributed by atoms with E-state index in [2.05, 4.69) is 30.3 Å². The Bertz CT molecular complexity index is 750. The third-order valence-electron chi connectivity index (χ3n) is 4.91. The predicted octanol–water partition coefficient (Wildman–Crippen LogP) is 5.89. The fourth-order valence-electron chi connectivity index (χ4n) is 3.20. The monoisotopic (exact) mass is 354 g/mol. The van der Waals surface area contributed by atoms with Crippen LogP contribution in [0.1, 0.15) is 38.7 Å². The van der Waals surface area contributed by atoms with Crippen LogP contribution in [0.2, 0.25) is 0 Å². The number of anilines is 1. The topological polar surface area (TPSA) is 16.1 Å². The molecule has 1 aliphatic heterocycles. The summed E-state index contributed by atoms with van der Waals surface area (Å²) in [4.78, 5) is 6.76. The van der Waals surface area contributed by atoms with Gasteiger partial charge in [0.2, 0.25) is 0 Å². The zero-order chi connectivity index (χ0) is 17.5. The van der Waals surface area contributed by atoms with Crippen molar-refractivity contribution in [2.45, 2.75) is 45.3 Å². The quantitative estimate of drug-likeness (QED) is 0.626. The predicted molar refractivity (Wildman–Crippen MR) is 93.6 cm³/mol. The fourth-order valence-corrected chi connectivity index (χ4v) is 4.31. The molecule has 1 fully saturated rings. The highest BCUT2D eigenvalue weighted by molar-refractivity contribution is 7.22. The van der Waals surface area contributed by atoms with Gasteiger partial charge in [-0.15, -0.1) is 0 Å². The maximum Gasteiger partial charge on any atom is 0.416 e. The van der Waals surface area contributed by atoms with Gasteiger partial charge in [-0.05, 0) is 43.9 Å². The summed E-state index contributed by atoms with van der Waals surface area (Å²) in [5.41, 5.74) is 1.18. The van der Waals surface area contributed by atoms with Crippen LogP contribution in [-0.2, 0) is 6.18 Å². The van der Waals surface area contributed by atoms with Crippen molar-refractivity contribution < 1.29 is 13.2 Å². The van der Waals surface area contributed by atoms with Crippen molar-refractivity contribution in [3.05, 3.63) is 35.9 Å². The number of benzene rings is 1. The van der Waals surface area contributed by atoms with Gasteiger partial charge in [0, 0.05) is 12.6 Å². The van der Waals surface area contributed by atoms with E-state index in [0.717, 1.165) is 37.0 Å². The molecular weight excluding hydrogens is 333 g/mol. The van der Waals surface area contributed by atoms with Gasteiger partial charge in [0.15, 0.2) is 5.13 Å². The number of hydrogen-bond acceptors (Lipinski definition) is 3. The van der Waals surface area contributed by atoms with Crippen LogP contribution in [0.5, 0.6) is 0 Å². The smallest absolute Gasteiger partial charge is 0.342 e. The number of alkyl halides is 3. The van der Waals surface area contributed by atoms with Crippen molar-refractivity contribution in [1.82, 2.24) is 4.98 Å². The zero-order valence-corrected chi connectivity index (χ0v) is 14.7. The summed E-state index contributed by atoms with van der Waals surface area (Å²) >= 11 is 1.33. The van der Waals surface area contributed by atoms with Gasteiger partial charge in [-0.1, -0.05) is 36.8 Å². The minimum atomic E-state index is -4.32. The summed E-state index contributed by atoms with van der Waals surface area (Å²) in [6.45, 7) is 9.38. The Balaban J connectivity index is 1.95. The maximum absolute atomic E-state index is 12.9. The molecule has 0 radical (unpaired) electrons. The number of halogens is 3. The first-order valence-electron chi connectivity index (χ1n) is 8.21. The van der Waals surface area contributed by atoms with Gasteiger partial charge in [-0.25, -0.2) is 4.98 Å². The van der Waals surface area contributed by atoms with Crippen LogP contribution in [0.3, 0.4) is 0 Å². The Morgan fingerprint density at radius 2 is 2.12 bits per heavy atom. The van der Waals surface area contributed by atoms with Gasteiger partial charge in [0.05, 0.1) is 15.8 Å². The molecule has 3 rings (SSSR count). The zero-order valence-electron chi connectivity index (χ0n) is 13.9. The molecule has 0 N–H and O–H groups in total. The molecule has 0 saturated carbocycles. The molecule has 1 aromatic heterocycles. The van der Waals surface area contributed by atoms with E-state index in [-0.39, 0.29) is 6.04 Å². The number of thiazole rings is 1. The van der Waals surface area contributed by atoms with Crippen LogP contribution in [0.25, 0.3) is 10.2 Å². The van der Waals surface area contributed by atoms with E-state index in [0.29, 0.717) is 16.1 Å². The third kappa shape index (κ3) is 3.29. The first-order valence-corrected chi connectivity index (χ1v) is 9.03. The molecule has 0 bridgehead atoms. The minimum Gasteiger partial charge on any atom is -0.342 e. The van der Waals surface area contributed by atoms with Gasteiger partial charge in [0.1, 0.15) is 0 Å². The number of nitrogens with zero attached hydrogens (tertiary/aromatic N) is 2. The molecule has 24 heavy (non-hydrogen) atoms. The molecule has 1 aliphatic rings. The van der Waals surface area contributed by atoms with E-state index in [1.807, 2.05) is 0 Å². The number of hydrogen-bond donors (Lipinski definition) is 0. The normalized spacial score (nSPS) is 22.9. The molecule has 1 aromatic carbocycles. The second kappa shape index (κ2) is 6.39. The molecule has 2 atom stereocenters. The largest absolute Gasteiger partial charge is 0.416 e. The molecular formula is C18H21F3N2S. The third-order valence-corrected chi connectivity index (χ3v) is 5.97. The molecule has 0 amide bonds. The molecule has 130 valence electrons. The number of rotatable bonds is 2. The molecule has 1 saturated heterocycles. The van der Waals surface area contributed by atoms with Crippen LogP contribution >= 0.6 is 11.3 Å². The van der Waals surface area contributed by atoms with Gasteiger partial charge in [0.25, 0.3) is 0 Å². The second-order valence-electron chi connectivity index (χ2n) is 6.47. The molecule has 2 heterocycles. The number of aromatic nitrogens is 1. The highest BCUT2D eigenvalue weighted by Gasteiger charge is 2.31. The van der Waals surface area contributed by atoms with E-state index < -0.39 is 11.7 Å². The van der Waals surface area contributed by atoms with Gasteiger partial charge in [-0.2, -0.15) is 13.2 Å². The van der Waals surface area contributed by atoms with Crippen LogP contribution in [-0.4, -0.2) is 17.6 Å². The summed E-state index contributed by atoms with van der Waals surface area (Å²) in [6.07, 6.45) is -1.13. The Morgan fingerprint density at radius 1 is 1.38 bits per heavy atom. The van der Waals surface area contributed by atoms with E-state index in [4.69, 9.17) is 0 Å². The summed E-state index contributed by atoms with van der Waals surface area (Å²) in [6, 6.07) is 3.92. The van der Waals surface area contributed by atoms with Gasteiger partial charge >= 0.3 is 6.18 Å². The Labute approximate surface area is 144 Å². The Kier molecular flexibility index (Phi) is 4.60. The number of fused-ring (bicyclic) bond motifs is 1. The second-order valence-corrected chi connectivity index (χ2v) is 7.48. The van der Waals surface area contributed by atoms with Crippen molar-refractivity contribution in [3.63, 3.8) is 0 Å². The van der Waals surface area contributed by atoms with Gasteiger partial charge in [-0.3, -0.25) is 0 Å². The molecule has 2 aromatic rings. The highest BCUT2D eigenvalue weighted by atomic mass is 32.1. The SMILES string of the molecule is C=C1CC(CC)CCN(c2nc3ccc(C(F)(F)F)cc3s2)[C@@H]1C. The van der Waals surface area contributed by atoms with Crippen molar-refractivity contribution in [1.29, 1.82) is 0 Å². The van der Waals surface area contributed by atoms with E-state index in [9.17, 15) is 13.2 Å². The van der Waals surface area contributed by atoms with E-state index in [1.165, 1.54) is 29.0 Å². The Hall–Kier alpha value is -1.56. The van der Waals surface area contributed by atoms with Crippen LogP contribution in [0.15, 0.2) is 30.4 Å². The summed E-state index contributed by atoms with van der Waals surface area (Å²) in [5, 5.41) is 0.787. The minimum absolute atomic E-state index is 0.157. The molecule has 0 aliphatic carbocycles. The lowest BCUT2D eigenvalue weighted by atomic mass is 9.94. The Morgan fingerprint density at radius 3 is 2.79 bits per heavy atom. The van der Waals surface area contributed by atoms with Crippen molar-refractivity contribution in [2.75, 3.05) is 11.4 Å². The summed E-state index contributed by atoms with van der Waals surface area (Å²) in [7, 11) is 0. The van der Waals surface area contributed by atoms with Gasteiger partial charge < -0.3 is 4.90 Å². The van der Waals surface area contributed by atoms with Crippen LogP contribution in [0, 0.1) is 5.92 Å². The molecule has 6 heteroatoms. The fraction of sp³-hybridized carbons (Fsp3) is 0.500. The van der Waals surface area contributed by atoms with E-state index in [1.54, 1.807) is 0 Å². The maximum atomic E-state index is 12.9. The summed E-state index contributed by atoms with van der Waals surface area (Å²) < 4.78 is 39.2. The molecule has 0 spiro atoms. The van der Waals surface area contributed by atoms with Crippen LogP contribution in [0.4, 0.5) is 18.3 Å². The average Bonchev–Trinajstić information content (AvgIpc) is 2.88. The standard InChI is InChI=1S/C18H21F3N2S/c1-4-13-7-8-23(12(3)11(2)9-13)17-22-15-6-5-14(18(19,20)21)10-16(15)24-17/h5-6,10,12-13H,2,4,7-9H2,1,3H3/t12-,13?/m1/s1. The highest BCUT2D eigenvalue weighted by Crippen LogP contribution is 2.38. The van der Waals surface area contributed by atoms with Crippen molar-refractivity contribution in [2.24, 2.45) is 5.92 Å². The molecule has 1 unspecified atom stereocenters. The lowest BCUT2D eigenvalue weighted by molar-refractivity contribution is -0.137. The van der Waals surface area contributed by atoms with E-state index >= 15 is 0 Å². The van der Waals surface area contributed by atoms with Crippen molar-refractivity contribution >= 4 is 26.7 Å². The van der Waals surface area contributed by atoms with Crippen molar-refractivity contribution in [3.8, 4) is 0 Å². The van der Waals surface area contributed by atoms with Crippen LogP contribution < -0.4 is 4.90 Å². The average molecular weight is 354 g/mol.